The van der Waals surface area contributed by atoms with E-state index in [0.29, 0.717) is 9.20 Å². The molecule has 122 valence electrons. The molecule has 0 saturated carbocycles. The minimum atomic E-state index is -0.447. The van der Waals surface area contributed by atoms with Gasteiger partial charge in [-0.25, -0.2) is 0 Å². The molecule has 0 N–H and O–H groups in total. The van der Waals surface area contributed by atoms with Crippen LogP contribution in [0.5, 0.6) is 0 Å². The van der Waals surface area contributed by atoms with Crippen LogP contribution in [0.2, 0.25) is 0 Å². The molecule has 0 spiro atoms. The molecule has 0 aliphatic carbocycles. The standard InChI is InChI=1S/C19H23NO2S/c1-12-7-8-14(13(2)9-12)10-15-18(22)20(6)17(23-15)11-16(21)19(3,4)5/h7-11H,1-6H3/b15-10-,17-11-. The first-order chi connectivity index (χ1) is 10.6. The third-order valence-corrected chi connectivity index (χ3v) is 4.88. The summed E-state index contributed by atoms with van der Waals surface area (Å²) in [5.41, 5.74) is 2.85. The van der Waals surface area contributed by atoms with Crippen molar-refractivity contribution in [3.63, 3.8) is 0 Å². The molecule has 3 nitrogen and oxygen atoms in total. The lowest BCUT2D eigenvalue weighted by Crippen LogP contribution is -2.30. The van der Waals surface area contributed by atoms with Gasteiger partial charge < -0.3 is 4.57 Å². The van der Waals surface area contributed by atoms with Gasteiger partial charge in [-0.3, -0.25) is 9.59 Å². The van der Waals surface area contributed by atoms with Gasteiger partial charge >= 0.3 is 0 Å². The zero-order chi connectivity index (χ0) is 17.4. The first-order valence-electron chi connectivity index (χ1n) is 7.60. The smallest absolute Gasteiger partial charge is 0.268 e. The van der Waals surface area contributed by atoms with Crippen LogP contribution >= 0.6 is 11.3 Å². The summed E-state index contributed by atoms with van der Waals surface area (Å²) >= 11 is 1.36. The fourth-order valence-corrected chi connectivity index (χ4v) is 3.19. The first kappa shape index (κ1) is 17.4. The highest BCUT2D eigenvalue weighted by Crippen LogP contribution is 2.15. The van der Waals surface area contributed by atoms with Gasteiger partial charge in [0.1, 0.15) is 4.66 Å². The second-order valence-corrected chi connectivity index (χ2v) is 7.99. The number of ketones is 1. The molecular formula is C19H23NO2S. The summed E-state index contributed by atoms with van der Waals surface area (Å²) in [5, 5.41) is 0. The minimum Gasteiger partial charge on any atom is -0.302 e. The molecule has 0 radical (unpaired) electrons. The van der Waals surface area contributed by atoms with E-state index in [4.69, 9.17) is 0 Å². The van der Waals surface area contributed by atoms with Crippen LogP contribution in [0.25, 0.3) is 12.2 Å². The molecule has 2 aromatic rings. The van der Waals surface area contributed by atoms with Gasteiger partial charge in [0.15, 0.2) is 5.78 Å². The Balaban J connectivity index is 2.61. The summed E-state index contributed by atoms with van der Waals surface area (Å²) in [6.07, 6.45) is 3.48. The monoisotopic (exact) mass is 329 g/mol. The number of aromatic nitrogens is 1. The van der Waals surface area contributed by atoms with E-state index in [9.17, 15) is 9.59 Å². The van der Waals surface area contributed by atoms with E-state index in [1.165, 1.54) is 16.9 Å². The summed E-state index contributed by atoms with van der Waals surface area (Å²) in [7, 11) is 1.71. The maximum absolute atomic E-state index is 12.4. The van der Waals surface area contributed by atoms with E-state index in [2.05, 4.69) is 6.07 Å². The molecule has 2 rings (SSSR count). The molecule has 0 amide bonds. The highest BCUT2D eigenvalue weighted by Gasteiger charge is 2.19. The summed E-state index contributed by atoms with van der Waals surface area (Å²) < 4.78 is 2.88. The van der Waals surface area contributed by atoms with E-state index < -0.39 is 5.41 Å². The Morgan fingerprint density at radius 2 is 1.87 bits per heavy atom. The van der Waals surface area contributed by atoms with E-state index in [1.807, 2.05) is 52.8 Å². The van der Waals surface area contributed by atoms with E-state index in [-0.39, 0.29) is 11.3 Å². The number of carbonyl (C=O) groups is 1. The Hall–Kier alpha value is -1.94. The van der Waals surface area contributed by atoms with Crippen molar-refractivity contribution in [3.05, 3.63) is 54.4 Å². The quantitative estimate of drug-likeness (QED) is 0.848. The number of rotatable bonds is 2. The maximum atomic E-state index is 12.4. The summed E-state index contributed by atoms with van der Waals surface area (Å²) in [5.74, 6) is 0.0208. The SMILES string of the molecule is Cc1ccc(/C=c2\s/c(=C\C(=O)C(C)(C)C)n(C)c2=O)c(C)c1. The number of hydrogen-bond donors (Lipinski definition) is 0. The van der Waals surface area contributed by atoms with Gasteiger partial charge in [-0.15, -0.1) is 11.3 Å². The molecule has 0 aliphatic rings. The van der Waals surface area contributed by atoms with E-state index in [0.717, 1.165) is 11.1 Å². The summed E-state index contributed by atoms with van der Waals surface area (Å²) in [6, 6.07) is 6.15. The molecule has 0 atom stereocenters. The van der Waals surface area contributed by atoms with Crippen LogP contribution in [-0.4, -0.2) is 10.4 Å². The zero-order valence-electron chi connectivity index (χ0n) is 14.6. The fraction of sp³-hybridized carbons (Fsp3) is 0.368. The number of nitrogens with zero attached hydrogens (tertiary/aromatic N) is 1. The lowest BCUT2D eigenvalue weighted by Gasteiger charge is -2.12. The van der Waals surface area contributed by atoms with Crippen LogP contribution in [0.3, 0.4) is 0 Å². The van der Waals surface area contributed by atoms with E-state index in [1.54, 1.807) is 17.7 Å². The van der Waals surface area contributed by atoms with E-state index >= 15 is 0 Å². The molecule has 0 fully saturated rings. The van der Waals surface area contributed by atoms with Gasteiger partial charge in [0.05, 0.1) is 4.53 Å². The number of hydrogen-bond acceptors (Lipinski definition) is 3. The zero-order valence-corrected chi connectivity index (χ0v) is 15.4. The number of benzene rings is 1. The third-order valence-electron chi connectivity index (χ3n) is 3.77. The van der Waals surface area contributed by atoms with Gasteiger partial charge in [0, 0.05) is 18.5 Å². The van der Waals surface area contributed by atoms with Gasteiger partial charge in [0.2, 0.25) is 0 Å². The molecule has 0 saturated heterocycles. The van der Waals surface area contributed by atoms with Crippen LogP contribution in [0.1, 0.15) is 37.5 Å². The largest absolute Gasteiger partial charge is 0.302 e. The van der Waals surface area contributed by atoms with Crippen molar-refractivity contribution in [1.82, 2.24) is 4.57 Å². The number of Topliss-reactive ketones (excluding diaryl/α,β-unsaturated/α-hetero) is 1. The number of aryl methyl sites for hydroxylation is 2. The lowest BCUT2D eigenvalue weighted by molar-refractivity contribution is -0.120. The number of carbonyl (C=O) groups excluding carboxylic acids is 1. The number of thiazole rings is 1. The predicted octanol–water partition coefficient (Wildman–Crippen LogP) is 2.29. The van der Waals surface area contributed by atoms with Crippen LogP contribution in [0, 0.1) is 19.3 Å². The van der Waals surface area contributed by atoms with Gasteiger partial charge in [-0.1, -0.05) is 44.5 Å². The average Bonchev–Trinajstić information content (AvgIpc) is 2.69. The molecule has 4 heteroatoms. The topological polar surface area (TPSA) is 39.1 Å². The third kappa shape index (κ3) is 3.88. The Bertz CT molecular complexity index is 924. The second kappa shape index (κ2) is 6.28. The summed E-state index contributed by atoms with van der Waals surface area (Å²) in [6.45, 7) is 9.71. The Morgan fingerprint density at radius 1 is 1.22 bits per heavy atom. The molecule has 0 bridgehead atoms. The Labute approximate surface area is 140 Å². The van der Waals surface area contributed by atoms with Crippen molar-refractivity contribution in [3.8, 4) is 0 Å². The second-order valence-electron chi connectivity index (χ2n) is 6.93. The van der Waals surface area contributed by atoms with Crippen molar-refractivity contribution in [2.75, 3.05) is 0 Å². The van der Waals surface area contributed by atoms with Crippen molar-refractivity contribution in [1.29, 1.82) is 0 Å². The molecule has 23 heavy (non-hydrogen) atoms. The minimum absolute atomic E-state index is 0.0208. The maximum Gasteiger partial charge on any atom is 0.268 e. The fourth-order valence-electron chi connectivity index (χ4n) is 2.17. The molecular weight excluding hydrogens is 306 g/mol. The lowest BCUT2D eigenvalue weighted by atomic mass is 9.91. The van der Waals surface area contributed by atoms with Crippen molar-refractivity contribution in [2.24, 2.45) is 12.5 Å². The van der Waals surface area contributed by atoms with Crippen LogP contribution < -0.4 is 14.8 Å². The van der Waals surface area contributed by atoms with Crippen molar-refractivity contribution >= 4 is 29.3 Å². The average molecular weight is 329 g/mol. The van der Waals surface area contributed by atoms with Crippen molar-refractivity contribution in [2.45, 2.75) is 34.6 Å². The first-order valence-corrected chi connectivity index (χ1v) is 8.42. The highest BCUT2D eigenvalue weighted by atomic mass is 32.1. The van der Waals surface area contributed by atoms with Gasteiger partial charge in [-0.05, 0) is 31.1 Å². The van der Waals surface area contributed by atoms with Crippen molar-refractivity contribution < 1.29 is 4.79 Å². The molecule has 1 aromatic heterocycles. The normalized spacial score (nSPS) is 13.7. The summed E-state index contributed by atoms with van der Waals surface area (Å²) in [4.78, 5) is 24.6. The predicted molar refractivity (Wildman–Crippen MR) is 97.2 cm³/mol. The molecule has 0 unspecified atom stereocenters. The van der Waals surface area contributed by atoms with Crippen LogP contribution in [-0.2, 0) is 11.8 Å². The van der Waals surface area contributed by atoms with Crippen LogP contribution in [0.4, 0.5) is 0 Å². The molecule has 1 aromatic carbocycles. The van der Waals surface area contributed by atoms with Gasteiger partial charge in [0.25, 0.3) is 5.56 Å². The van der Waals surface area contributed by atoms with Gasteiger partial charge in [-0.2, -0.15) is 0 Å². The Kier molecular flexibility index (Phi) is 4.76. The van der Waals surface area contributed by atoms with Crippen LogP contribution in [0.15, 0.2) is 23.0 Å². The molecule has 1 heterocycles. The molecule has 0 aliphatic heterocycles. The Morgan fingerprint density at radius 3 is 2.43 bits per heavy atom. The highest BCUT2D eigenvalue weighted by molar-refractivity contribution is 7.07.